The Labute approximate surface area is 149 Å². The van der Waals surface area contributed by atoms with Crippen molar-refractivity contribution in [3.05, 3.63) is 58.1 Å². The van der Waals surface area contributed by atoms with Crippen LogP contribution in [-0.2, 0) is 11.3 Å². The number of benzene rings is 2. The van der Waals surface area contributed by atoms with Crippen molar-refractivity contribution >= 4 is 21.9 Å². The van der Waals surface area contributed by atoms with Crippen LogP contribution in [0.15, 0.2) is 46.9 Å². The molecule has 0 aliphatic rings. The third-order valence-corrected chi connectivity index (χ3v) is 4.05. The molecule has 2 N–H and O–H groups in total. The number of carboxylic acid groups (broad SMARTS) is 1. The average Bonchev–Trinajstić information content (AvgIpc) is 2.56. The Hall–Kier alpha value is -2.05. The maximum absolute atomic E-state index is 11.5. The first kappa shape index (κ1) is 18.3. The molecule has 0 saturated carbocycles. The molecule has 0 heterocycles. The first-order valence-corrected chi connectivity index (χ1v) is 8.36. The Morgan fingerprint density at radius 1 is 1.29 bits per heavy atom. The molecule has 2 aromatic rings. The molecule has 0 amide bonds. The monoisotopic (exact) mass is 393 g/mol. The van der Waals surface area contributed by atoms with Crippen LogP contribution in [0.25, 0.3) is 0 Å². The van der Waals surface area contributed by atoms with Gasteiger partial charge in [-0.05, 0) is 46.1 Å². The molecular formula is C18H20BrNO4. The van der Waals surface area contributed by atoms with Crippen molar-refractivity contribution in [3.63, 3.8) is 0 Å². The minimum atomic E-state index is -0.918. The fourth-order valence-electron chi connectivity index (χ4n) is 2.40. The van der Waals surface area contributed by atoms with Gasteiger partial charge in [-0.15, -0.1) is 0 Å². The molecule has 6 heteroatoms. The van der Waals surface area contributed by atoms with Crippen LogP contribution in [0.4, 0.5) is 0 Å². The van der Waals surface area contributed by atoms with E-state index in [-0.39, 0.29) is 0 Å². The van der Waals surface area contributed by atoms with Crippen molar-refractivity contribution < 1.29 is 19.4 Å². The highest BCUT2D eigenvalue weighted by atomic mass is 79.9. The Bertz CT molecular complexity index is 691. The summed E-state index contributed by atoms with van der Waals surface area (Å²) in [6, 6.07) is 12.1. The van der Waals surface area contributed by atoms with E-state index in [9.17, 15) is 9.90 Å². The van der Waals surface area contributed by atoms with E-state index in [1.54, 1.807) is 19.2 Å². The molecule has 2 rings (SSSR count). The van der Waals surface area contributed by atoms with E-state index < -0.39 is 12.0 Å². The summed E-state index contributed by atoms with van der Waals surface area (Å²) in [7, 11) is 1.58. The lowest BCUT2D eigenvalue weighted by Crippen LogP contribution is -2.28. The van der Waals surface area contributed by atoms with Gasteiger partial charge in [-0.25, -0.2) is 0 Å². The number of ether oxygens (including phenoxy) is 2. The molecule has 0 aliphatic heterocycles. The van der Waals surface area contributed by atoms with Gasteiger partial charge in [0.15, 0.2) is 11.5 Å². The highest BCUT2D eigenvalue weighted by Gasteiger charge is 2.19. The van der Waals surface area contributed by atoms with Crippen molar-refractivity contribution in [1.82, 2.24) is 5.32 Å². The molecule has 0 spiro atoms. The van der Waals surface area contributed by atoms with Gasteiger partial charge in [-0.2, -0.15) is 0 Å². The minimum absolute atomic E-state index is 0.383. The Kier molecular flexibility index (Phi) is 6.63. The van der Waals surface area contributed by atoms with Crippen molar-refractivity contribution in [2.45, 2.75) is 19.5 Å². The number of nitrogens with one attached hydrogen (secondary N) is 1. The normalized spacial score (nSPS) is 11.8. The molecule has 5 nitrogen and oxygen atoms in total. The molecule has 0 saturated heterocycles. The summed E-state index contributed by atoms with van der Waals surface area (Å²) in [5.41, 5.74) is 1.61. The number of aliphatic carboxylic acids is 1. The summed E-state index contributed by atoms with van der Waals surface area (Å²) in [6.07, 6.45) is 0. The lowest BCUT2D eigenvalue weighted by molar-refractivity contribution is -0.139. The van der Waals surface area contributed by atoms with Gasteiger partial charge in [0.1, 0.15) is 6.04 Å². The zero-order valence-electron chi connectivity index (χ0n) is 13.6. The van der Waals surface area contributed by atoms with Crippen LogP contribution in [-0.4, -0.2) is 24.8 Å². The molecule has 0 fully saturated rings. The van der Waals surface area contributed by atoms with Gasteiger partial charge < -0.3 is 14.6 Å². The van der Waals surface area contributed by atoms with Crippen molar-refractivity contribution in [3.8, 4) is 11.5 Å². The number of methoxy groups -OCH3 is 1. The summed E-state index contributed by atoms with van der Waals surface area (Å²) in [5.74, 6) is 0.329. The van der Waals surface area contributed by atoms with Gasteiger partial charge in [-0.3, -0.25) is 10.1 Å². The van der Waals surface area contributed by atoms with E-state index in [2.05, 4.69) is 21.2 Å². The van der Waals surface area contributed by atoms with E-state index in [0.717, 1.165) is 10.0 Å². The molecule has 2 aromatic carbocycles. The standard InChI is InChI=1S/C18H20BrNO4/c1-3-24-15-10-12(9-14(19)17(15)23-2)11-20-16(18(21)22)13-7-5-4-6-8-13/h4-10,16,20H,3,11H2,1-2H3,(H,21,22)/t16-/m0/s1. The first-order chi connectivity index (χ1) is 11.6. The van der Waals surface area contributed by atoms with Crippen LogP contribution in [0.5, 0.6) is 11.5 Å². The lowest BCUT2D eigenvalue weighted by atomic mass is 10.1. The SMILES string of the molecule is CCOc1cc(CN[C@H](C(=O)O)c2ccccc2)cc(Br)c1OC. The van der Waals surface area contributed by atoms with Gasteiger partial charge in [0.2, 0.25) is 0 Å². The lowest BCUT2D eigenvalue weighted by Gasteiger charge is -2.17. The van der Waals surface area contributed by atoms with E-state index in [0.29, 0.717) is 30.2 Å². The van der Waals surface area contributed by atoms with Crippen LogP contribution in [0, 0.1) is 0 Å². The van der Waals surface area contributed by atoms with Gasteiger partial charge in [0.25, 0.3) is 0 Å². The molecule has 0 aromatic heterocycles. The van der Waals surface area contributed by atoms with Crippen LogP contribution >= 0.6 is 15.9 Å². The van der Waals surface area contributed by atoms with Crippen molar-refractivity contribution in [2.24, 2.45) is 0 Å². The average molecular weight is 394 g/mol. The topological polar surface area (TPSA) is 67.8 Å². The molecule has 128 valence electrons. The summed E-state index contributed by atoms with van der Waals surface area (Å²) >= 11 is 3.46. The van der Waals surface area contributed by atoms with Gasteiger partial charge >= 0.3 is 5.97 Å². The van der Waals surface area contributed by atoms with E-state index in [1.807, 2.05) is 37.3 Å². The largest absolute Gasteiger partial charge is 0.492 e. The maximum Gasteiger partial charge on any atom is 0.325 e. The van der Waals surface area contributed by atoms with Crippen LogP contribution in [0.2, 0.25) is 0 Å². The Morgan fingerprint density at radius 3 is 2.58 bits per heavy atom. The second-order valence-electron chi connectivity index (χ2n) is 5.10. The van der Waals surface area contributed by atoms with E-state index >= 15 is 0 Å². The number of carboxylic acids is 1. The number of rotatable bonds is 8. The summed E-state index contributed by atoms with van der Waals surface area (Å²) in [4.78, 5) is 11.5. The molecule has 0 aliphatic carbocycles. The smallest absolute Gasteiger partial charge is 0.325 e. The van der Waals surface area contributed by atoms with Crippen molar-refractivity contribution in [1.29, 1.82) is 0 Å². The molecule has 1 atom stereocenters. The third kappa shape index (κ3) is 4.49. The molecular weight excluding hydrogens is 374 g/mol. The highest BCUT2D eigenvalue weighted by Crippen LogP contribution is 2.36. The molecule has 0 unspecified atom stereocenters. The molecule has 0 bridgehead atoms. The quantitative estimate of drug-likeness (QED) is 0.714. The van der Waals surface area contributed by atoms with E-state index in [4.69, 9.17) is 9.47 Å². The number of hydrogen-bond donors (Lipinski definition) is 2. The number of carbonyl (C=O) groups is 1. The summed E-state index contributed by atoms with van der Waals surface area (Å²) < 4.78 is 11.7. The molecule has 0 radical (unpaired) electrons. The third-order valence-electron chi connectivity index (χ3n) is 3.46. The number of hydrogen-bond acceptors (Lipinski definition) is 4. The summed E-state index contributed by atoms with van der Waals surface area (Å²) in [6.45, 7) is 2.80. The van der Waals surface area contributed by atoms with Crippen LogP contribution < -0.4 is 14.8 Å². The van der Waals surface area contributed by atoms with Crippen LogP contribution in [0.3, 0.4) is 0 Å². The Morgan fingerprint density at radius 2 is 2.00 bits per heavy atom. The highest BCUT2D eigenvalue weighted by molar-refractivity contribution is 9.10. The van der Waals surface area contributed by atoms with Crippen LogP contribution in [0.1, 0.15) is 24.1 Å². The zero-order valence-corrected chi connectivity index (χ0v) is 15.2. The zero-order chi connectivity index (χ0) is 17.5. The second-order valence-corrected chi connectivity index (χ2v) is 5.96. The first-order valence-electron chi connectivity index (χ1n) is 7.57. The fraction of sp³-hybridized carbons (Fsp3) is 0.278. The predicted octanol–water partition coefficient (Wildman–Crippen LogP) is 3.77. The van der Waals surface area contributed by atoms with E-state index in [1.165, 1.54) is 0 Å². The van der Waals surface area contributed by atoms with Gasteiger partial charge in [0.05, 0.1) is 18.2 Å². The summed E-state index contributed by atoms with van der Waals surface area (Å²) in [5, 5.41) is 12.5. The second kappa shape index (κ2) is 8.70. The minimum Gasteiger partial charge on any atom is -0.492 e. The Balaban J connectivity index is 2.19. The maximum atomic E-state index is 11.5. The predicted molar refractivity (Wildman–Crippen MR) is 95.5 cm³/mol. The van der Waals surface area contributed by atoms with Gasteiger partial charge in [-0.1, -0.05) is 30.3 Å². The van der Waals surface area contributed by atoms with Gasteiger partial charge in [0, 0.05) is 6.54 Å². The fourth-order valence-corrected chi connectivity index (χ4v) is 3.05. The number of halogens is 1. The van der Waals surface area contributed by atoms with Crippen molar-refractivity contribution in [2.75, 3.05) is 13.7 Å². The molecule has 24 heavy (non-hydrogen) atoms.